The van der Waals surface area contributed by atoms with Crippen molar-refractivity contribution in [2.45, 2.75) is 104 Å². The van der Waals surface area contributed by atoms with E-state index in [1.807, 2.05) is 43.1 Å². The monoisotopic (exact) mass is 669 g/mol. The summed E-state index contributed by atoms with van der Waals surface area (Å²) in [6.45, 7) is 22.7. The van der Waals surface area contributed by atoms with Crippen molar-refractivity contribution in [1.29, 1.82) is 0 Å². The van der Waals surface area contributed by atoms with Crippen molar-refractivity contribution in [1.82, 2.24) is 28.8 Å². The number of carbonyl (C=O) groups excluding carboxylic acids is 2. The highest BCUT2D eigenvalue weighted by atomic mass is 28.3. The molecular weight excluding hydrogens is 619 g/mol. The van der Waals surface area contributed by atoms with Crippen molar-refractivity contribution in [3.63, 3.8) is 0 Å². The number of hydrogen-bond donors (Lipinski definition) is 1. The first-order valence-corrected chi connectivity index (χ1v) is 18.9. The predicted molar refractivity (Wildman–Crippen MR) is 195 cm³/mol. The first-order chi connectivity index (χ1) is 22.4. The third-order valence-corrected chi connectivity index (χ3v) is 15.4. The lowest BCUT2D eigenvalue weighted by molar-refractivity contribution is -0.120. The molecule has 10 nitrogen and oxygen atoms in total. The molecule has 4 aromatic rings. The van der Waals surface area contributed by atoms with E-state index >= 15 is 0 Å². The molecule has 0 bridgehead atoms. The lowest BCUT2D eigenvalue weighted by Gasteiger charge is -2.38. The number of aryl methyl sites for hydroxylation is 2. The topological polar surface area (TPSA) is 107 Å². The number of imidazole rings is 2. The summed E-state index contributed by atoms with van der Waals surface area (Å²) in [5.41, 5.74) is 10.1. The summed E-state index contributed by atoms with van der Waals surface area (Å²) in [6, 6.07) is 7.01. The molecule has 48 heavy (non-hydrogen) atoms. The molecule has 0 saturated carbocycles. The third-order valence-electron chi connectivity index (χ3n) is 9.15. The van der Waals surface area contributed by atoms with Gasteiger partial charge in [0.25, 0.3) is 0 Å². The summed E-state index contributed by atoms with van der Waals surface area (Å²) in [6.07, 6.45) is 5.00. The van der Waals surface area contributed by atoms with E-state index in [1.54, 1.807) is 47.1 Å². The molecule has 1 unspecified atom stereocenters. The average Bonchev–Trinajstić information content (AvgIpc) is 3.57. The highest BCUT2D eigenvalue weighted by Crippen LogP contribution is 2.41. The van der Waals surface area contributed by atoms with Gasteiger partial charge in [0.2, 0.25) is 5.91 Å². The molecule has 1 atom stereocenters. The molecule has 4 heterocycles. The number of nitrogens with one attached hydrogen (secondary N) is 1. The molecule has 0 aliphatic carbocycles. The van der Waals surface area contributed by atoms with E-state index in [1.165, 1.54) is 4.90 Å². The zero-order valence-corrected chi connectivity index (χ0v) is 31.8. The predicted octanol–water partition coefficient (Wildman–Crippen LogP) is 7.87. The SMILES string of the molecule is Cc1ccn2c(-c3ccc(NC(=O)C(C)N(C)C(=O)OC(C)(C)C)nc3C#C[Si](C(C)C)(C(C)C)C(C)C)c(-c3cncn3C)nc2c1. The van der Waals surface area contributed by atoms with Crippen molar-refractivity contribution in [2.75, 3.05) is 12.4 Å². The van der Waals surface area contributed by atoms with Crippen LogP contribution in [0.5, 0.6) is 0 Å². The van der Waals surface area contributed by atoms with Crippen LogP contribution < -0.4 is 5.32 Å². The summed E-state index contributed by atoms with van der Waals surface area (Å²) < 4.78 is 9.48. The lowest BCUT2D eigenvalue weighted by Crippen LogP contribution is -2.45. The molecule has 4 rings (SSSR count). The van der Waals surface area contributed by atoms with E-state index in [0.717, 1.165) is 33.9 Å². The van der Waals surface area contributed by atoms with Crippen LogP contribution in [0.15, 0.2) is 43.0 Å². The van der Waals surface area contributed by atoms with Crippen LogP contribution >= 0.6 is 0 Å². The van der Waals surface area contributed by atoms with Crippen molar-refractivity contribution in [3.05, 3.63) is 54.2 Å². The van der Waals surface area contributed by atoms with E-state index in [9.17, 15) is 9.59 Å². The van der Waals surface area contributed by atoms with Gasteiger partial charge in [-0.1, -0.05) is 47.5 Å². The first kappa shape index (κ1) is 36.4. The number of hydrogen-bond acceptors (Lipinski definition) is 6. The van der Waals surface area contributed by atoms with Gasteiger partial charge in [-0.15, -0.1) is 5.54 Å². The van der Waals surface area contributed by atoms with E-state index in [-0.39, 0.29) is 0 Å². The number of aromatic nitrogens is 5. The normalized spacial score (nSPS) is 12.8. The van der Waals surface area contributed by atoms with Gasteiger partial charge in [0.05, 0.1) is 23.9 Å². The van der Waals surface area contributed by atoms with Gasteiger partial charge in [-0.25, -0.2) is 19.7 Å². The van der Waals surface area contributed by atoms with Gasteiger partial charge < -0.3 is 14.6 Å². The van der Waals surface area contributed by atoms with Crippen LogP contribution in [0.2, 0.25) is 16.6 Å². The highest BCUT2D eigenvalue weighted by molar-refractivity contribution is 6.90. The van der Waals surface area contributed by atoms with Crippen molar-refractivity contribution in [2.24, 2.45) is 7.05 Å². The van der Waals surface area contributed by atoms with Crippen LogP contribution in [0.25, 0.3) is 28.3 Å². The Kier molecular flexibility index (Phi) is 10.6. The van der Waals surface area contributed by atoms with Crippen LogP contribution in [-0.2, 0) is 16.6 Å². The fraction of sp³-hybridized carbons (Fsp3) is 0.486. The number of fused-ring (bicyclic) bond motifs is 1. The Balaban J connectivity index is 1.91. The van der Waals surface area contributed by atoms with Crippen LogP contribution in [-0.4, -0.2) is 67.6 Å². The second kappa shape index (κ2) is 14.0. The van der Waals surface area contributed by atoms with Crippen LogP contribution in [0, 0.1) is 18.4 Å². The van der Waals surface area contributed by atoms with Gasteiger partial charge in [0.15, 0.2) is 0 Å². The second-order valence-electron chi connectivity index (χ2n) is 14.6. The fourth-order valence-electron chi connectivity index (χ4n) is 6.48. The molecular formula is C37H51N7O3Si. The number of anilines is 1. The molecule has 0 radical (unpaired) electrons. The van der Waals surface area contributed by atoms with Gasteiger partial charge in [-0.05, 0) is 81.1 Å². The summed E-state index contributed by atoms with van der Waals surface area (Å²) in [5.74, 6) is 3.51. The molecule has 0 aliphatic rings. The number of amides is 2. The summed E-state index contributed by atoms with van der Waals surface area (Å²) >= 11 is 0. The Hall–Kier alpha value is -4.43. The van der Waals surface area contributed by atoms with Gasteiger partial charge in [0.1, 0.15) is 42.6 Å². The van der Waals surface area contributed by atoms with Gasteiger partial charge in [0, 0.05) is 25.9 Å². The smallest absolute Gasteiger partial charge is 0.410 e. The zero-order valence-electron chi connectivity index (χ0n) is 30.8. The Morgan fingerprint density at radius 1 is 1.00 bits per heavy atom. The molecule has 0 fully saturated rings. The lowest BCUT2D eigenvalue weighted by atomic mass is 10.1. The quantitative estimate of drug-likeness (QED) is 0.151. The number of pyridine rings is 2. The third kappa shape index (κ3) is 7.34. The van der Waals surface area contributed by atoms with Gasteiger partial charge >= 0.3 is 6.09 Å². The maximum atomic E-state index is 13.4. The molecule has 0 aliphatic heterocycles. The van der Waals surface area contributed by atoms with Crippen molar-refractivity contribution in [3.8, 4) is 34.1 Å². The van der Waals surface area contributed by atoms with Crippen LogP contribution in [0.1, 0.15) is 80.5 Å². The molecule has 0 spiro atoms. The Bertz CT molecular complexity index is 1850. The van der Waals surface area contributed by atoms with E-state index in [0.29, 0.717) is 28.1 Å². The molecule has 0 saturated heterocycles. The molecule has 11 heteroatoms. The van der Waals surface area contributed by atoms with E-state index in [2.05, 4.69) is 73.8 Å². The molecule has 2 amide bonds. The minimum atomic E-state index is -2.15. The molecule has 1 N–H and O–H groups in total. The Morgan fingerprint density at radius 3 is 2.21 bits per heavy atom. The molecule has 0 aromatic carbocycles. The van der Waals surface area contributed by atoms with E-state index in [4.69, 9.17) is 14.7 Å². The average molecular weight is 670 g/mol. The van der Waals surface area contributed by atoms with Crippen molar-refractivity contribution >= 4 is 31.5 Å². The number of nitrogens with zero attached hydrogens (tertiary/aromatic N) is 6. The Labute approximate surface area is 286 Å². The number of carbonyl (C=O) groups is 2. The van der Waals surface area contributed by atoms with Gasteiger partial charge in [-0.2, -0.15) is 0 Å². The maximum absolute atomic E-state index is 13.4. The molecule has 256 valence electrons. The maximum Gasteiger partial charge on any atom is 0.410 e. The fourth-order valence-corrected chi connectivity index (χ4v) is 11.7. The van der Waals surface area contributed by atoms with Crippen LogP contribution in [0.4, 0.5) is 10.6 Å². The largest absolute Gasteiger partial charge is 0.444 e. The van der Waals surface area contributed by atoms with Gasteiger partial charge in [-0.3, -0.25) is 14.1 Å². The second-order valence-corrected chi connectivity index (χ2v) is 20.2. The minimum Gasteiger partial charge on any atom is -0.444 e. The first-order valence-electron chi connectivity index (χ1n) is 16.6. The number of likely N-dealkylation sites (N-methyl/N-ethyl adjacent to an activating group) is 1. The Morgan fingerprint density at radius 2 is 1.65 bits per heavy atom. The number of ether oxygens (including phenoxy) is 1. The zero-order chi connectivity index (χ0) is 35.7. The summed E-state index contributed by atoms with van der Waals surface area (Å²) in [5, 5.41) is 2.92. The van der Waals surface area contributed by atoms with Crippen LogP contribution in [0.3, 0.4) is 0 Å². The minimum absolute atomic E-state index is 0.343. The standard InChI is InChI=1S/C37H51N7O3Si/c1-23(2)48(24(3)4,25(5)6)19-17-29-28(14-15-31(39-29)40-35(45)27(8)43(13)36(46)47-37(9,10)11)34-33(30-21-38-22-42(30)12)41-32-20-26(7)16-18-44(32)34/h14-16,18,20-25,27H,1-13H3,(H,39,40,45). The summed E-state index contributed by atoms with van der Waals surface area (Å²) in [7, 11) is 1.34. The number of rotatable bonds is 8. The van der Waals surface area contributed by atoms with Crippen molar-refractivity contribution < 1.29 is 14.3 Å². The van der Waals surface area contributed by atoms with E-state index < -0.39 is 31.7 Å². The highest BCUT2D eigenvalue weighted by Gasteiger charge is 2.42. The summed E-state index contributed by atoms with van der Waals surface area (Å²) in [4.78, 5) is 41.8. The molecule has 4 aromatic heterocycles.